The molecule has 96 valence electrons. The molecule has 0 amide bonds. The number of nitro benzene ring substituents is 1. The fraction of sp³-hybridized carbons (Fsp3) is 0.462. The maximum absolute atomic E-state index is 10.6. The first kappa shape index (κ1) is 12.5. The molecule has 2 rings (SSSR count). The number of benzene rings is 1. The van der Waals surface area contributed by atoms with Crippen LogP contribution >= 0.6 is 0 Å². The topological polar surface area (TPSA) is 83.1 Å². The second-order valence-electron chi connectivity index (χ2n) is 4.70. The number of nitrogens with one attached hydrogen (secondary N) is 1. The number of nitrogens with two attached hydrogens (primary N) is 1. The number of hydrogen-bond acceptors (Lipinski definition) is 2. The number of hydrogen-bond donors (Lipinski definition) is 2. The van der Waals surface area contributed by atoms with Gasteiger partial charge in [0.1, 0.15) is 0 Å². The van der Waals surface area contributed by atoms with Gasteiger partial charge in [0.15, 0.2) is 0 Å². The summed E-state index contributed by atoms with van der Waals surface area (Å²) in [5.74, 6) is 0.608. The lowest BCUT2D eigenvalue weighted by Gasteiger charge is -2.15. The molecule has 1 aliphatic rings. The first-order valence-electron chi connectivity index (χ1n) is 6.30. The van der Waals surface area contributed by atoms with Crippen molar-refractivity contribution in [3.8, 4) is 0 Å². The van der Waals surface area contributed by atoms with Crippen molar-refractivity contribution >= 4 is 11.5 Å². The largest absolute Gasteiger partial charge is 0.287 e. The zero-order valence-electron chi connectivity index (χ0n) is 10.3. The van der Waals surface area contributed by atoms with Crippen molar-refractivity contribution in [2.24, 2.45) is 5.73 Å². The average molecular weight is 248 g/mol. The summed E-state index contributed by atoms with van der Waals surface area (Å²) in [6, 6.07) is 6.76. The van der Waals surface area contributed by atoms with Gasteiger partial charge in [-0.15, -0.1) is 0 Å². The Hall–Kier alpha value is -1.91. The van der Waals surface area contributed by atoms with E-state index in [-0.39, 0.29) is 5.69 Å². The number of nitrogens with zero attached hydrogens (tertiary/aromatic N) is 1. The van der Waals surface area contributed by atoms with Gasteiger partial charge >= 0.3 is 0 Å². The lowest BCUT2D eigenvalue weighted by atomic mass is 9.96. The maximum Gasteiger partial charge on any atom is 0.273 e. The zero-order valence-corrected chi connectivity index (χ0v) is 10.3. The van der Waals surface area contributed by atoms with Gasteiger partial charge in [-0.2, -0.15) is 0 Å². The fourth-order valence-corrected chi connectivity index (χ4v) is 2.31. The maximum atomic E-state index is 10.6. The van der Waals surface area contributed by atoms with Crippen LogP contribution < -0.4 is 10.7 Å². The molecular weight excluding hydrogens is 230 g/mol. The van der Waals surface area contributed by atoms with Crippen LogP contribution in [0.15, 0.2) is 24.3 Å². The van der Waals surface area contributed by atoms with Crippen LogP contribution in [0.1, 0.15) is 37.7 Å². The molecule has 3 N–H and O–H groups in total. The molecule has 18 heavy (non-hydrogen) atoms. The minimum Gasteiger partial charge on any atom is -0.287 e. The molecule has 0 saturated heterocycles. The Labute approximate surface area is 106 Å². The predicted octanol–water partition coefficient (Wildman–Crippen LogP) is 0.713. The molecule has 0 bridgehead atoms. The van der Waals surface area contributed by atoms with Crippen LogP contribution in [0.5, 0.6) is 0 Å². The van der Waals surface area contributed by atoms with Crippen molar-refractivity contribution in [2.45, 2.75) is 38.1 Å². The second kappa shape index (κ2) is 5.62. The van der Waals surface area contributed by atoms with Crippen molar-refractivity contribution in [3.05, 3.63) is 39.9 Å². The highest BCUT2D eigenvalue weighted by atomic mass is 16.6. The summed E-state index contributed by atoms with van der Waals surface area (Å²) in [5.41, 5.74) is 6.89. The van der Waals surface area contributed by atoms with Gasteiger partial charge in [-0.3, -0.25) is 20.8 Å². The van der Waals surface area contributed by atoms with E-state index in [0.717, 1.165) is 18.4 Å². The summed E-state index contributed by atoms with van der Waals surface area (Å²) >= 11 is 0. The van der Waals surface area contributed by atoms with E-state index >= 15 is 0 Å². The van der Waals surface area contributed by atoms with E-state index in [1.54, 1.807) is 12.1 Å². The van der Waals surface area contributed by atoms with Crippen molar-refractivity contribution in [2.75, 3.05) is 0 Å². The van der Waals surface area contributed by atoms with Crippen molar-refractivity contribution in [3.63, 3.8) is 0 Å². The van der Waals surface area contributed by atoms with E-state index in [2.05, 4.69) is 4.99 Å². The summed E-state index contributed by atoms with van der Waals surface area (Å²) in [7, 11) is 0. The summed E-state index contributed by atoms with van der Waals surface area (Å²) in [4.78, 5) is 13.5. The predicted molar refractivity (Wildman–Crippen MR) is 69.2 cm³/mol. The van der Waals surface area contributed by atoms with E-state index < -0.39 is 4.92 Å². The average Bonchev–Trinajstić information content (AvgIpc) is 2.40. The Morgan fingerprint density at radius 1 is 1.22 bits per heavy atom. The minimum absolute atomic E-state index is 0.0872. The summed E-state index contributed by atoms with van der Waals surface area (Å²) in [6.07, 6.45) is 6.08. The number of rotatable bonds is 3. The van der Waals surface area contributed by atoms with Crippen LogP contribution in [-0.4, -0.2) is 16.8 Å². The van der Waals surface area contributed by atoms with Crippen LogP contribution in [0.2, 0.25) is 0 Å². The van der Waals surface area contributed by atoms with Gasteiger partial charge in [0.25, 0.3) is 11.5 Å². The van der Waals surface area contributed by atoms with Gasteiger partial charge in [0.05, 0.1) is 16.5 Å². The first-order chi connectivity index (χ1) is 8.66. The van der Waals surface area contributed by atoms with Crippen LogP contribution in [-0.2, 0) is 0 Å². The van der Waals surface area contributed by atoms with Gasteiger partial charge in [-0.05, 0) is 37.8 Å². The highest BCUT2D eigenvalue weighted by Gasteiger charge is 2.16. The van der Waals surface area contributed by atoms with Gasteiger partial charge in [-0.25, -0.2) is 0 Å². The van der Waals surface area contributed by atoms with Gasteiger partial charge in [0.2, 0.25) is 0 Å². The zero-order chi connectivity index (χ0) is 13.0. The Bertz CT molecular complexity index is 448. The molecule has 1 aliphatic carbocycles. The van der Waals surface area contributed by atoms with Gasteiger partial charge in [0, 0.05) is 12.1 Å². The fourth-order valence-electron chi connectivity index (χ4n) is 2.31. The Morgan fingerprint density at radius 3 is 2.39 bits per heavy atom. The Kier molecular flexibility index (Phi) is 3.92. The summed E-state index contributed by atoms with van der Waals surface area (Å²) in [6.45, 7) is 0. The standard InChI is InChI=1S/C13H17N3O2/c14-13(15-11-4-2-1-3-5-11)10-6-8-12(9-7-10)16(17)18/h6-9,11H,1-5H2,(H2,14,15)/p+1. The summed E-state index contributed by atoms with van der Waals surface area (Å²) < 4.78 is 0. The molecule has 0 radical (unpaired) electrons. The van der Waals surface area contributed by atoms with Gasteiger partial charge < -0.3 is 0 Å². The molecule has 0 unspecified atom stereocenters. The molecular formula is C13H18N3O2+. The van der Waals surface area contributed by atoms with Crippen LogP contribution in [0, 0.1) is 10.1 Å². The van der Waals surface area contributed by atoms with Crippen molar-refractivity contribution in [1.29, 1.82) is 0 Å². The molecule has 0 atom stereocenters. The Morgan fingerprint density at radius 2 is 1.83 bits per heavy atom. The van der Waals surface area contributed by atoms with E-state index in [1.807, 2.05) is 0 Å². The third-order valence-electron chi connectivity index (χ3n) is 3.35. The van der Waals surface area contributed by atoms with Crippen LogP contribution in [0.25, 0.3) is 0 Å². The molecule has 5 heteroatoms. The van der Waals surface area contributed by atoms with Crippen molar-refractivity contribution in [1.82, 2.24) is 0 Å². The van der Waals surface area contributed by atoms with E-state index in [9.17, 15) is 10.1 Å². The number of nitrogen functional groups attached to an aromatic ring is 1. The number of non-ortho nitro benzene ring substituents is 1. The highest BCUT2D eigenvalue weighted by Crippen LogP contribution is 2.14. The molecule has 5 nitrogen and oxygen atoms in total. The smallest absolute Gasteiger partial charge is 0.273 e. The van der Waals surface area contributed by atoms with E-state index in [0.29, 0.717) is 11.9 Å². The number of amidine groups is 1. The first-order valence-corrected chi connectivity index (χ1v) is 6.30. The van der Waals surface area contributed by atoms with E-state index in [4.69, 9.17) is 5.73 Å². The molecule has 1 saturated carbocycles. The quantitative estimate of drug-likeness (QED) is 0.358. The Balaban J connectivity index is 2.09. The molecule has 1 fully saturated rings. The molecule has 1 aromatic rings. The van der Waals surface area contributed by atoms with Crippen LogP contribution in [0.3, 0.4) is 0 Å². The molecule has 0 aliphatic heterocycles. The molecule has 0 spiro atoms. The second-order valence-corrected chi connectivity index (χ2v) is 4.70. The molecule has 1 aromatic carbocycles. The molecule has 0 aromatic heterocycles. The summed E-state index contributed by atoms with van der Waals surface area (Å²) in [5, 5.41) is 10.6. The third kappa shape index (κ3) is 3.06. The highest BCUT2D eigenvalue weighted by molar-refractivity contribution is 5.93. The van der Waals surface area contributed by atoms with Crippen LogP contribution in [0.4, 0.5) is 5.69 Å². The monoisotopic (exact) mass is 248 g/mol. The van der Waals surface area contributed by atoms with Crippen molar-refractivity contribution < 1.29 is 9.92 Å². The molecule has 0 heterocycles. The third-order valence-corrected chi connectivity index (χ3v) is 3.35. The van der Waals surface area contributed by atoms with E-state index in [1.165, 1.54) is 31.4 Å². The normalized spacial score (nSPS) is 17.7. The van der Waals surface area contributed by atoms with Gasteiger partial charge in [-0.1, -0.05) is 6.42 Å². The lowest BCUT2D eigenvalue weighted by Crippen LogP contribution is -2.82. The number of nitro groups is 1. The minimum atomic E-state index is -0.408. The lowest BCUT2D eigenvalue weighted by molar-refractivity contribution is -0.507. The SMILES string of the molecule is NC(=[NH+]C1CCCCC1)c1ccc([N+](=O)[O-])cc1.